The topological polar surface area (TPSA) is 38.0 Å². The summed E-state index contributed by atoms with van der Waals surface area (Å²) < 4.78 is 1.08. The lowest BCUT2D eigenvalue weighted by atomic mass is 10.0. The zero-order valence-electron chi connectivity index (χ0n) is 11.2. The van der Waals surface area contributed by atoms with Crippen LogP contribution in [0.4, 0.5) is 0 Å². The van der Waals surface area contributed by atoms with Crippen LogP contribution in [0.5, 0.6) is 0 Å². The molecule has 19 heavy (non-hydrogen) atoms. The fourth-order valence-corrected chi connectivity index (χ4v) is 3.50. The van der Waals surface area contributed by atoms with Gasteiger partial charge in [0.2, 0.25) is 0 Å². The second-order valence-electron chi connectivity index (χ2n) is 5.31. The molecule has 1 aliphatic rings. The summed E-state index contributed by atoms with van der Waals surface area (Å²) >= 11 is 9.70. The van der Waals surface area contributed by atoms with E-state index in [0.717, 1.165) is 9.50 Å². The molecule has 0 amide bonds. The highest BCUT2D eigenvalue weighted by Crippen LogP contribution is 2.28. The van der Waals surface area contributed by atoms with Gasteiger partial charge < -0.3 is 11.1 Å². The summed E-state index contributed by atoms with van der Waals surface area (Å²) in [6.45, 7) is 0.593. The van der Waals surface area contributed by atoms with E-state index >= 15 is 0 Å². The number of halogens is 2. The fraction of sp³-hybridized carbons (Fsp3) is 0.600. The maximum absolute atomic E-state index is 6.10. The molecule has 1 aliphatic carbocycles. The van der Waals surface area contributed by atoms with Crippen LogP contribution in [0, 0.1) is 0 Å². The van der Waals surface area contributed by atoms with Crippen molar-refractivity contribution in [2.45, 2.75) is 50.6 Å². The number of nitrogens with two attached hydrogens (primary N) is 1. The summed E-state index contributed by atoms with van der Waals surface area (Å²) in [5, 5.41) is 4.48. The monoisotopic (exact) mass is 344 g/mol. The summed E-state index contributed by atoms with van der Waals surface area (Å²) in [5.41, 5.74) is 7.12. The maximum Gasteiger partial charge on any atom is 0.0458 e. The Kier molecular flexibility index (Phi) is 6.14. The molecule has 1 aromatic rings. The average Bonchev–Trinajstić information content (AvgIpc) is 2.67. The van der Waals surface area contributed by atoms with Crippen LogP contribution in [0.15, 0.2) is 22.7 Å². The molecule has 2 nitrogen and oxygen atoms in total. The molecular weight excluding hydrogens is 324 g/mol. The zero-order valence-corrected chi connectivity index (χ0v) is 13.5. The van der Waals surface area contributed by atoms with Crippen molar-refractivity contribution >= 4 is 27.5 Å². The van der Waals surface area contributed by atoms with E-state index in [1.165, 1.54) is 44.1 Å². The molecule has 0 heterocycles. The maximum atomic E-state index is 6.10. The Morgan fingerprint density at radius 2 is 1.95 bits per heavy atom. The molecule has 0 saturated heterocycles. The Labute approximate surface area is 129 Å². The molecule has 1 saturated carbocycles. The first-order valence-corrected chi connectivity index (χ1v) is 8.29. The first-order valence-electron chi connectivity index (χ1n) is 7.12. The van der Waals surface area contributed by atoms with Gasteiger partial charge in [-0.05, 0) is 36.6 Å². The van der Waals surface area contributed by atoms with Crippen molar-refractivity contribution in [2.75, 3.05) is 6.54 Å². The Morgan fingerprint density at radius 3 is 2.58 bits per heavy atom. The van der Waals surface area contributed by atoms with E-state index in [2.05, 4.69) is 21.2 Å². The summed E-state index contributed by atoms with van der Waals surface area (Å²) in [6.07, 6.45) is 7.90. The van der Waals surface area contributed by atoms with Crippen LogP contribution in [0.25, 0.3) is 0 Å². The molecule has 106 valence electrons. The Bertz CT molecular complexity index is 403. The van der Waals surface area contributed by atoms with E-state index < -0.39 is 0 Å². The summed E-state index contributed by atoms with van der Waals surface area (Å²) in [5.74, 6) is 0. The van der Waals surface area contributed by atoms with Crippen molar-refractivity contribution in [1.82, 2.24) is 5.32 Å². The molecule has 3 N–H and O–H groups in total. The predicted molar refractivity (Wildman–Crippen MR) is 85.6 cm³/mol. The summed E-state index contributed by atoms with van der Waals surface area (Å²) in [4.78, 5) is 0. The second kappa shape index (κ2) is 7.63. The molecular formula is C15H22BrClN2. The molecule has 1 unspecified atom stereocenters. The standard InChI is InChI=1S/C15H22BrClN2/c16-14-8-7-11(17)9-13(14)15(10-18)19-12-5-3-1-2-4-6-12/h7-9,12,15,19H,1-6,10,18H2. The highest BCUT2D eigenvalue weighted by Gasteiger charge is 2.19. The fourth-order valence-electron chi connectivity index (χ4n) is 2.80. The van der Waals surface area contributed by atoms with Gasteiger partial charge in [-0.2, -0.15) is 0 Å². The predicted octanol–water partition coefficient (Wildman–Crippen LogP) is 4.41. The van der Waals surface area contributed by atoms with Gasteiger partial charge in [-0.15, -0.1) is 0 Å². The lowest BCUT2D eigenvalue weighted by molar-refractivity contribution is 0.402. The summed E-state index contributed by atoms with van der Waals surface area (Å²) in [6, 6.07) is 6.66. The van der Waals surface area contributed by atoms with Gasteiger partial charge in [-0.1, -0.05) is 53.2 Å². The van der Waals surface area contributed by atoms with E-state index in [1.807, 2.05) is 18.2 Å². The van der Waals surface area contributed by atoms with Gasteiger partial charge in [-0.25, -0.2) is 0 Å². The Hall–Kier alpha value is -0.0900. The van der Waals surface area contributed by atoms with Gasteiger partial charge in [0, 0.05) is 28.1 Å². The molecule has 0 bridgehead atoms. The molecule has 1 fully saturated rings. The SMILES string of the molecule is NCC(NC1CCCCCC1)c1cc(Cl)ccc1Br. The van der Waals surface area contributed by atoms with Gasteiger partial charge in [0.25, 0.3) is 0 Å². The third-order valence-corrected chi connectivity index (χ3v) is 4.82. The van der Waals surface area contributed by atoms with E-state index in [9.17, 15) is 0 Å². The first kappa shape index (κ1) is 15.3. The van der Waals surface area contributed by atoms with Gasteiger partial charge in [0.15, 0.2) is 0 Å². The van der Waals surface area contributed by atoms with E-state index in [1.54, 1.807) is 0 Å². The molecule has 2 rings (SSSR count). The second-order valence-corrected chi connectivity index (χ2v) is 6.60. The number of nitrogens with one attached hydrogen (secondary N) is 1. The molecule has 4 heteroatoms. The Morgan fingerprint density at radius 1 is 1.26 bits per heavy atom. The van der Waals surface area contributed by atoms with Crippen LogP contribution in [0.2, 0.25) is 5.02 Å². The number of hydrogen-bond donors (Lipinski definition) is 2. The zero-order chi connectivity index (χ0) is 13.7. The quantitative estimate of drug-likeness (QED) is 0.793. The van der Waals surface area contributed by atoms with Crippen LogP contribution in [0.3, 0.4) is 0 Å². The van der Waals surface area contributed by atoms with E-state index in [-0.39, 0.29) is 6.04 Å². The lowest BCUT2D eigenvalue weighted by Crippen LogP contribution is -2.36. The third-order valence-electron chi connectivity index (χ3n) is 3.86. The van der Waals surface area contributed by atoms with Gasteiger partial charge in [-0.3, -0.25) is 0 Å². The van der Waals surface area contributed by atoms with Crippen molar-refractivity contribution < 1.29 is 0 Å². The number of hydrogen-bond acceptors (Lipinski definition) is 2. The molecule has 0 aromatic heterocycles. The molecule has 0 aliphatic heterocycles. The molecule has 1 atom stereocenters. The molecule has 1 aromatic carbocycles. The highest BCUT2D eigenvalue weighted by molar-refractivity contribution is 9.10. The van der Waals surface area contributed by atoms with Crippen molar-refractivity contribution in [3.63, 3.8) is 0 Å². The molecule has 0 spiro atoms. The third kappa shape index (κ3) is 4.45. The average molecular weight is 346 g/mol. The normalized spacial score (nSPS) is 19.1. The number of rotatable bonds is 4. The van der Waals surface area contributed by atoms with Crippen molar-refractivity contribution in [1.29, 1.82) is 0 Å². The highest BCUT2D eigenvalue weighted by atomic mass is 79.9. The minimum atomic E-state index is 0.177. The van der Waals surface area contributed by atoms with Crippen molar-refractivity contribution in [3.05, 3.63) is 33.3 Å². The number of benzene rings is 1. The van der Waals surface area contributed by atoms with Gasteiger partial charge in [0.1, 0.15) is 0 Å². The minimum Gasteiger partial charge on any atom is -0.329 e. The summed E-state index contributed by atoms with van der Waals surface area (Å²) in [7, 11) is 0. The van der Waals surface area contributed by atoms with Crippen LogP contribution >= 0.6 is 27.5 Å². The minimum absolute atomic E-state index is 0.177. The largest absolute Gasteiger partial charge is 0.329 e. The van der Waals surface area contributed by atoms with Crippen LogP contribution in [0.1, 0.15) is 50.1 Å². The van der Waals surface area contributed by atoms with Gasteiger partial charge in [0.05, 0.1) is 0 Å². The van der Waals surface area contributed by atoms with Crippen LogP contribution < -0.4 is 11.1 Å². The lowest BCUT2D eigenvalue weighted by Gasteiger charge is -2.25. The van der Waals surface area contributed by atoms with E-state index in [0.29, 0.717) is 12.6 Å². The smallest absolute Gasteiger partial charge is 0.0458 e. The van der Waals surface area contributed by atoms with E-state index in [4.69, 9.17) is 17.3 Å². The van der Waals surface area contributed by atoms with Crippen molar-refractivity contribution in [3.8, 4) is 0 Å². The Balaban J connectivity index is 2.08. The van der Waals surface area contributed by atoms with Crippen LogP contribution in [-0.4, -0.2) is 12.6 Å². The first-order chi connectivity index (χ1) is 9.20. The van der Waals surface area contributed by atoms with Gasteiger partial charge >= 0.3 is 0 Å². The molecule has 0 radical (unpaired) electrons. The van der Waals surface area contributed by atoms with Crippen LogP contribution in [-0.2, 0) is 0 Å². The van der Waals surface area contributed by atoms with Crippen molar-refractivity contribution in [2.24, 2.45) is 5.73 Å².